The van der Waals surface area contributed by atoms with Crippen molar-refractivity contribution in [3.05, 3.63) is 30.0 Å². The number of aliphatic hydroxyl groups excluding tert-OH is 1. The summed E-state index contributed by atoms with van der Waals surface area (Å²) in [6.45, 7) is 0.771. The minimum absolute atomic E-state index is 0.00171. The fourth-order valence-corrected chi connectivity index (χ4v) is 2.70. The molecule has 5 nitrogen and oxygen atoms in total. The topological polar surface area (TPSA) is 69.2 Å². The molecule has 0 spiro atoms. The van der Waals surface area contributed by atoms with Gasteiger partial charge in [0.25, 0.3) is 5.91 Å². The first-order valence-electron chi connectivity index (χ1n) is 6.64. The molecule has 0 unspecified atom stereocenters. The molecule has 5 heteroatoms. The van der Waals surface area contributed by atoms with E-state index in [0.717, 1.165) is 36.7 Å². The minimum atomic E-state index is -0.0405. The van der Waals surface area contributed by atoms with Gasteiger partial charge >= 0.3 is 0 Å². The van der Waals surface area contributed by atoms with Crippen molar-refractivity contribution in [2.24, 2.45) is 0 Å². The van der Waals surface area contributed by atoms with Crippen molar-refractivity contribution in [1.82, 2.24) is 15.1 Å². The molecule has 1 aliphatic rings. The number of fused-ring (bicyclic) bond motifs is 1. The molecule has 1 aromatic heterocycles. The van der Waals surface area contributed by atoms with Crippen LogP contribution in [-0.2, 0) is 0 Å². The van der Waals surface area contributed by atoms with Gasteiger partial charge in [0.2, 0.25) is 0 Å². The number of hydrogen-bond acceptors (Lipinski definition) is 3. The number of nitrogens with one attached hydrogen (secondary N) is 1. The van der Waals surface area contributed by atoms with Crippen LogP contribution in [0.2, 0.25) is 0 Å². The molecule has 2 heterocycles. The molecule has 0 aliphatic carbocycles. The number of hydrogen-bond donors (Lipinski definition) is 2. The molecule has 1 saturated heterocycles. The van der Waals surface area contributed by atoms with E-state index >= 15 is 0 Å². The number of amides is 1. The van der Waals surface area contributed by atoms with Crippen molar-refractivity contribution >= 4 is 16.8 Å². The Kier molecular flexibility index (Phi) is 3.21. The highest BCUT2D eigenvalue weighted by Gasteiger charge is 2.26. The zero-order valence-corrected chi connectivity index (χ0v) is 10.7. The van der Waals surface area contributed by atoms with Crippen LogP contribution in [0.1, 0.15) is 29.6 Å². The van der Waals surface area contributed by atoms with Gasteiger partial charge in [0.15, 0.2) is 0 Å². The number of piperidine rings is 1. The second-order valence-corrected chi connectivity index (χ2v) is 5.00. The van der Waals surface area contributed by atoms with E-state index in [9.17, 15) is 9.90 Å². The smallest absolute Gasteiger partial charge is 0.254 e. The number of aromatic amines is 1. The van der Waals surface area contributed by atoms with E-state index in [4.69, 9.17) is 0 Å². The average Bonchev–Trinajstić information content (AvgIpc) is 2.93. The highest BCUT2D eigenvalue weighted by molar-refractivity contribution is 5.98. The van der Waals surface area contributed by atoms with Crippen LogP contribution in [0, 0.1) is 0 Å². The van der Waals surface area contributed by atoms with Gasteiger partial charge in [0, 0.05) is 17.5 Å². The summed E-state index contributed by atoms with van der Waals surface area (Å²) >= 11 is 0. The number of carbonyl (C=O) groups excluding carboxylic acids is 1. The average molecular weight is 259 g/mol. The van der Waals surface area contributed by atoms with Gasteiger partial charge in [-0.25, -0.2) is 0 Å². The SMILES string of the molecule is O=C(c1ccc2[nH]ncc2c1)N1CCCC[C@H]1CO. The summed E-state index contributed by atoms with van der Waals surface area (Å²) < 4.78 is 0. The summed E-state index contributed by atoms with van der Waals surface area (Å²) in [7, 11) is 0. The summed E-state index contributed by atoms with van der Waals surface area (Å²) in [6.07, 6.45) is 4.69. The van der Waals surface area contributed by atoms with Crippen LogP contribution < -0.4 is 0 Å². The Labute approximate surface area is 111 Å². The molecule has 0 bridgehead atoms. The number of H-pyrrole nitrogens is 1. The number of nitrogens with zero attached hydrogens (tertiary/aromatic N) is 2. The number of carbonyl (C=O) groups is 1. The van der Waals surface area contributed by atoms with Gasteiger partial charge in [-0.05, 0) is 37.5 Å². The first kappa shape index (κ1) is 12.2. The zero-order chi connectivity index (χ0) is 13.2. The number of benzene rings is 1. The molecule has 1 atom stereocenters. The molecule has 2 N–H and O–H groups in total. The van der Waals surface area contributed by atoms with Crippen molar-refractivity contribution in [2.45, 2.75) is 25.3 Å². The van der Waals surface area contributed by atoms with Gasteiger partial charge in [-0.2, -0.15) is 5.10 Å². The maximum Gasteiger partial charge on any atom is 0.254 e. The second-order valence-electron chi connectivity index (χ2n) is 5.00. The van der Waals surface area contributed by atoms with Gasteiger partial charge in [-0.1, -0.05) is 0 Å². The molecule has 1 fully saturated rings. The van der Waals surface area contributed by atoms with Crippen LogP contribution in [0.15, 0.2) is 24.4 Å². The summed E-state index contributed by atoms with van der Waals surface area (Å²) in [5.41, 5.74) is 1.59. The predicted octanol–water partition coefficient (Wildman–Crippen LogP) is 1.55. The third-order valence-corrected chi connectivity index (χ3v) is 3.79. The maximum atomic E-state index is 12.5. The molecule has 3 rings (SSSR count). The molecule has 1 aromatic carbocycles. The summed E-state index contributed by atoms with van der Waals surface area (Å²) in [4.78, 5) is 14.3. The van der Waals surface area contributed by atoms with Gasteiger partial charge < -0.3 is 10.0 Å². The van der Waals surface area contributed by atoms with Gasteiger partial charge in [0.05, 0.1) is 24.4 Å². The fourth-order valence-electron chi connectivity index (χ4n) is 2.70. The molecule has 0 saturated carbocycles. The molecular formula is C14H17N3O2. The van der Waals surface area contributed by atoms with Crippen molar-refractivity contribution in [2.75, 3.05) is 13.2 Å². The molecular weight excluding hydrogens is 242 g/mol. The molecule has 100 valence electrons. The predicted molar refractivity (Wildman–Crippen MR) is 71.9 cm³/mol. The summed E-state index contributed by atoms with van der Waals surface area (Å²) in [5.74, 6) is 0.00171. The monoisotopic (exact) mass is 259 g/mol. The van der Waals surface area contributed by atoms with Crippen molar-refractivity contribution in [3.8, 4) is 0 Å². The molecule has 19 heavy (non-hydrogen) atoms. The fraction of sp³-hybridized carbons (Fsp3) is 0.429. The first-order valence-corrected chi connectivity index (χ1v) is 6.64. The van der Waals surface area contributed by atoms with E-state index in [1.807, 2.05) is 18.2 Å². The quantitative estimate of drug-likeness (QED) is 0.859. The van der Waals surface area contributed by atoms with Gasteiger partial charge in [-0.3, -0.25) is 9.89 Å². The van der Waals surface area contributed by atoms with Crippen LogP contribution in [0.5, 0.6) is 0 Å². The van der Waals surface area contributed by atoms with Crippen LogP contribution in [0.3, 0.4) is 0 Å². The van der Waals surface area contributed by atoms with Crippen molar-refractivity contribution in [3.63, 3.8) is 0 Å². The van der Waals surface area contributed by atoms with E-state index in [-0.39, 0.29) is 18.6 Å². The number of likely N-dealkylation sites (tertiary alicyclic amines) is 1. The zero-order valence-electron chi connectivity index (χ0n) is 10.7. The summed E-state index contributed by atoms with van der Waals surface area (Å²) in [5, 5.41) is 17.1. The third-order valence-electron chi connectivity index (χ3n) is 3.79. The first-order chi connectivity index (χ1) is 9.29. The Morgan fingerprint density at radius 2 is 2.37 bits per heavy atom. The van der Waals surface area contributed by atoms with Gasteiger partial charge in [0.1, 0.15) is 0 Å². The van der Waals surface area contributed by atoms with Gasteiger partial charge in [-0.15, -0.1) is 0 Å². The largest absolute Gasteiger partial charge is 0.394 e. The lowest BCUT2D eigenvalue weighted by Gasteiger charge is -2.34. The Hall–Kier alpha value is -1.88. The molecule has 1 aliphatic heterocycles. The number of aromatic nitrogens is 2. The number of rotatable bonds is 2. The number of aliphatic hydroxyl groups is 1. The standard InChI is InChI=1S/C14H17N3O2/c18-9-12-3-1-2-6-17(12)14(19)10-4-5-13-11(7-10)8-15-16-13/h4-5,7-8,12,18H,1-3,6,9H2,(H,15,16)/t12-/m0/s1. The lowest BCUT2D eigenvalue weighted by Crippen LogP contribution is -2.45. The lowest BCUT2D eigenvalue weighted by atomic mass is 10.0. The van der Waals surface area contributed by atoms with Crippen LogP contribution in [0.4, 0.5) is 0 Å². The van der Waals surface area contributed by atoms with Crippen molar-refractivity contribution < 1.29 is 9.90 Å². The summed E-state index contributed by atoms with van der Waals surface area (Å²) in [6, 6.07) is 5.49. The minimum Gasteiger partial charge on any atom is -0.394 e. The van der Waals surface area contributed by atoms with E-state index in [2.05, 4.69) is 10.2 Å². The Balaban J connectivity index is 1.89. The second kappa shape index (κ2) is 5.01. The Bertz CT molecular complexity index is 593. The molecule has 1 amide bonds. The Morgan fingerprint density at radius 1 is 1.47 bits per heavy atom. The normalized spacial score (nSPS) is 19.8. The van der Waals surface area contributed by atoms with E-state index in [1.54, 1.807) is 11.1 Å². The van der Waals surface area contributed by atoms with Crippen LogP contribution >= 0.6 is 0 Å². The Morgan fingerprint density at radius 3 is 3.21 bits per heavy atom. The molecule has 2 aromatic rings. The van der Waals surface area contributed by atoms with Crippen LogP contribution in [-0.4, -0.2) is 45.3 Å². The highest BCUT2D eigenvalue weighted by Crippen LogP contribution is 2.21. The van der Waals surface area contributed by atoms with E-state index in [0.29, 0.717) is 5.56 Å². The van der Waals surface area contributed by atoms with Crippen molar-refractivity contribution in [1.29, 1.82) is 0 Å². The van der Waals surface area contributed by atoms with E-state index < -0.39 is 0 Å². The maximum absolute atomic E-state index is 12.5. The highest BCUT2D eigenvalue weighted by atomic mass is 16.3. The molecule has 0 radical (unpaired) electrons. The third kappa shape index (κ3) is 2.21. The lowest BCUT2D eigenvalue weighted by molar-refractivity contribution is 0.0503. The van der Waals surface area contributed by atoms with E-state index in [1.165, 1.54) is 0 Å². The van der Waals surface area contributed by atoms with Crippen LogP contribution in [0.25, 0.3) is 10.9 Å².